The summed E-state index contributed by atoms with van der Waals surface area (Å²) in [5, 5.41) is 18.4. The molecule has 310 valence electrons. The van der Waals surface area contributed by atoms with Crippen molar-refractivity contribution >= 4 is 105 Å². The smallest absolute Gasteiger partial charge is 0.0462 e. The maximum Gasteiger partial charge on any atom is 0.0462 e. The van der Waals surface area contributed by atoms with Gasteiger partial charge in [-0.2, -0.15) is 0 Å². The molecule has 0 bridgehead atoms. The summed E-state index contributed by atoms with van der Waals surface area (Å²) in [5.41, 5.74) is 13.7. The quantitative estimate of drug-likeness (QED) is 0.151. The van der Waals surface area contributed by atoms with Crippen LogP contribution in [0.25, 0.3) is 110 Å². The topological polar surface area (TPSA) is 3.24 Å². The number of allylic oxidation sites excluding steroid dienone is 2. The molecule has 0 radical (unpaired) electrons. The van der Waals surface area contributed by atoms with E-state index in [0.717, 1.165) is 17.1 Å². The molecule has 2 aliphatic rings. The first kappa shape index (κ1) is 36.8. The SMILES string of the molecule is C1=CC(c2ccc(N(c3ccc(-c4ccc5ccc6cccc7ccc4c5c67)cc3)c3ccc(-c4ccc5ccc6cccc7ccc4c5c67)cc3)cc2)C2C=Cc3cccc4ccc1c2c34. The largest absolute Gasteiger partial charge is 0.311 e. The van der Waals surface area contributed by atoms with Crippen molar-refractivity contribution in [3.63, 3.8) is 0 Å². The highest BCUT2D eigenvalue weighted by Gasteiger charge is 2.30. The molecule has 0 heterocycles. The summed E-state index contributed by atoms with van der Waals surface area (Å²) in [6, 6.07) is 79.7. The Bertz CT molecular complexity index is 3970. The van der Waals surface area contributed by atoms with Gasteiger partial charge in [0.2, 0.25) is 0 Å². The van der Waals surface area contributed by atoms with Gasteiger partial charge in [0.25, 0.3) is 0 Å². The minimum Gasteiger partial charge on any atom is -0.311 e. The summed E-state index contributed by atoms with van der Waals surface area (Å²) in [6.07, 6.45) is 9.53. The molecular formula is C66H41N. The van der Waals surface area contributed by atoms with Crippen LogP contribution in [0, 0.1) is 0 Å². The van der Waals surface area contributed by atoms with Gasteiger partial charge in [0.05, 0.1) is 0 Å². The standard InChI is InChI=1S/C66H41N/c1-4-43-10-13-49-22-34-55(58-37-25-46(7-1)61(43)64(49)58)40-16-28-52(29-17-40)67(53-30-18-41(19-31-53)56-35-23-50-14-11-44-5-2-8-47-26-38-59(56)65(50)62(44)47)54-32-20-42(21-33-54)57-36-24-51-15-12-45-6-3-9-48-27-39-60(57)66(51)63(45)48/h1-39,55,58H. The highest BCUT2D eigenvalue weighted by Crippen LogP contribution is 2.49. The van der Waals surface area contributed by atoms with Gasteiger partial charge in [-0.05, 0) is 156 Å². The zero-order valence-corrected chi connectivity index (χ0v) is 36.6. The van der Waals surface area contributed by atoms with Crippen molar-refractivity contribution in [1.82, 2.24) is 0 Å². The maximum atomic E-state index is 2.43. The lowest BCUT2D eigenvalue weighted by Crippen LogP contribution is -2.15. The van der Waals surface area contributed by atoms with Gasteiger partial charge in [-0.25, -0.2) is 0 Å². The molecule has 67 heavy (non-hydrogen) atoms. The predicted molar refractivity (Wildman–Crippen MR) is 287 cm³/mol. The molecule has 0 saturated heterocycles. The molecule has 2 unspecified atom stereocenters. The molecule has 0 saturated carbocycles. The van der Waals surface area contributed by atoms with E-state index in [2.05, 4.69) is 242 Å². The normalized spacial score (nSPS) is 15.3. The molecule has 2 aliphatic carbocycles. The van der Waals surface area contributed by atoms with E-state index in [-0.39, 0.29) is 5.92 Å². The van der Waals surface area contributed by atoms with Crippen LogP contribution in [0.2, 0.25) is 0 Å². The van der Waals surface area contributed by atoms with E-state index in [1.165, 1.54) is 120 Å². The second-order valence-corrected chi connectivity index (χ2v) is 18.7. The third-order valence-electron chi connectivity index (χ3n) is 15.3. The Morgan fingerprint density at radius 2 is 0.687 bits per heavy atom. The van der Waals surface area contributed by atoms with Crippen molar-refractivity contribution in [3.8, 4) is 22.3 Å². The Kier molecular flexibility index (Phi) is 7.68. The van der Waals surface area contributed by atoms with Gasteiger partial charge < -0.3 is 4.90 Å². The molecule has 1 nitrogen and oxygen atoms in total. The molecule has 1 heteroatoms. The Labute approximate surface area is 388 Å². The van der Waals surface area contributed by atoms with Crippen LogP contribution in [0.3, 0.4) is 0 Å². The van der Waals surface area contributed by atoms with Crippen molar-refractivity contribution in [2.24, 2.45) is 0 Å². The Balaban J connectivity index is 0.834. The number of hydrogen-bond acceptors (Lipinski definition) is 1. The van der Waals surface area contributed by atoms with E-state index in [0.29, 0.717) is 5.92 Å². The van der Waals surface area contributed by atoms with Gasteiger partial charge in [-0.3, -0.25) is 0 Å². The highest BCUT2D eigenvalue weighted by molar-refractivity contribution is 6.26. The molecule has 13 aromatic carbocycles. The fraction of sp³-hybridized carbons (Fsp3) is 0.0303. The van der Waals surface area contributed by atoms with E-state index in [4.69, 9.17) is 0 Å². The summed E-state index contributed by atoms with van der Waals surface area (Å²) in [4.78, 5) is 2.41. The molecule has 2 atom stereocenters. The molecule has 0 N–H and O–H groups in total. The number of nitrogens with zero attached hydrogens (tertiary/aromatic N) is 1. The molecule has 0 aliphatic heterocycles. The van der Waals surface area contributed by atoms with Gasteiger partial charge in [-0.1, -0.05) is 200 Å². The van der Waals surface area contributed by atoms with Crippen molar-refractivity contribution in [3.05, 3.63) is 247 Å². The highest BCUT2D eigenvalue weighted by atomic mass is 15.1. The van der Waals surface area contributed by atoms with Gasteiger partial charge >= 0.3 is 0 Å². The molecule has 0 aromatic heterocycles. The van der Waals surface area contributed by atoms with Gasteiger partial charge in [0.1, 0.15) is 0 Å². The maximum absolute atomic E-state index is 2.43. The Morgan fingerprint density at radius 3 is 1.22 bits per heavy atom. The predicted octanol–water partition coefficient (Wildman–Crippen LogP) is 18.4. The lowest BCUT2D eigenvalue weighted by atomic mass is 9.71. The average molecular weight is 848 g/mol. The van der Waals surface area contributed by atoms with Crippen molar-refractivity contribution in [2.75, 3.05) is 4.90 Å². The Morgan fingerprint density at radius 1 is 0.284 bits per heavy atom. The summed E-state index contributed by atoms with van der Waals surface area (Å²) in [7, 11) is 0. The van der Waals surface area contributed by atoms with Crippen LogP contribution in [-0.2, 0) is 0 Å². The van der Waals surface area contributed by atoms with E-state index < -0.39 is 0 Å². The number of rotatable bonds is 6. The van der Waals surface area contributed by atoms with Gasteiger partial charge in [-0.15, -0.1) is 0 Å². The lowest BCUT2D eigenvalue weighted by Gasteiger charge is -2.32. The minimum atomic E-state index is 0.249. The van der Waals surface area contributed by atoms with E-state index in [1.807, 2.05) is 0 Å². The first-order valence-electron chi connectivity index (χ1n) is 23.6. The van der Waals surface area contributed by atoms with Crippen LogP contribution >= 0.6 is 0 Å². The summed E-state index contributed by atoms with van der Waals surface area (Å²) in [5.74, 6) is 0.541. The van der Waals surface area contributed by atoms with Crippen LogP contribution in [0.15, 0.2) is 224 Å². The van der Waals surface area contributed by atoms with Crippen LogP contribution in [0.5, 0.6) is 0 Å². The van der Waals surface area contributed by atoms with Gasteiger partial charge in [0, 0.05) is 28.9 Å². The van der Waals surface area contributed by atoms with Crippen LogP contribution in [-0.4, -0.2) is 0 Å². The number of hydrogen-bond donors (Lipinski definition) is 0. The Hall–Kier alpha value is -8.52. The first-order chi connectivity index (χ1) is 33.2. The van der Waals surface area contributed by atoms with Gasteiger partial charge in [0.15, 0.2) is 0 Å². The lowest BCUT2D eigenvalue weighted by molar-refractivity contribution is 0.735. The fourth-order valence-corrected chi connectivity index (χ4v) is 12.2. The average Bonchev–Trinajstić information content (AvgIpc) is 3.39. The zero-order valence-electron chi connectivity index (χ0n) is 36.6. The van der Waals surface area contributed by atoms with E-state index in [1.54, 1.807) is 0 Å². The van der Waals surface area contributed by atoms with Crippen LogP contribution in [0.4, 0.5) is 17.1 Å². The molecule has 0 spiro atoms. The number of benzene rings is 13. The van der Waals surface area contributed by atoms with Crippen molar-refractivity contribution < 1.29 is 0 Å². The molecule has 15 rings (SSSR count). The summed E-state index contributed by atoms with van der Waals surface area (Å²) in [6.45, 7) is 0. The molecule has 13 aromatic rings. The van der Waals surface area contributed by atoms with Crippen molar-refractivity contribution in [2.45, 2.75) is 11.8 Å². The minimum absolute atomic E-state index is 0.249. The third-order valence-corrected chi connectivity index (χ3v) is 15.3. The number of anilines is 3. The van der Waals surface area contributed by atoms with E-state index >= 15 is 0 Å². The zero-order chi connectivity index (χ0) is 43.7. The molecule has 0 fully saturated rings. The summed E-state index contributed by atoms with van der Waals surface area (Å²) >= 11 is 0. The third kappa shape index (κ3) is 5.43. The van der Waals surface area contributed by atoms with Crippen LogP contribution in [0.1, 0.15) is 34.1 Å². The first-order valence-corrected chi connectivity index (χ1v) is 23.6. The fourth-order valence-electron chi connectivity index (χ4n) is 12.2. The van der Waals surface area contributed by atoms with Crippen LogP contribution < -0.4 is 4.90 Å². The van der Waals surface area contributed by atoms with Crippen molar-refractivity contribution in [1.29, 1.82) is 0 Å². The molecular weight excluding hydrogens is 807 g/mol. The molecule has 0 amide bonds. The second kappa shape index (κ2) is 14.0. The van der Waals surface area contributed by atoms with E-state index in [9.17, 15) is 0 Å². The summed E-state index contributed by atoms with van der Waals surface area (Å²) < 4.78 is 0. The second-order valence-electron chi connectivity index (χ2n) is 18.7. The monoisotopic (exact) mass is 847 g/mol.